The summed E-state index contributed by atoms with van der Waals surface area (Å²) in [5.74, 6) is 0. The van der Waals surface area contributed by atoms with Gasteiger partial charge in [0.15, 0.2) is 0 Å². The summed E-state index contributed by atoms with van der Waals surface area (Å²) in [6.45, 7) is -1.85. The first kappa shape index (κ1) is 11.0. The second-order valence-corrected chi connectivity index (χ2v) is 3.91. The maximum atomic E-state index is 11.7. The second-order valence-electron chi connectivity index (χ2n) is 2.00. The molecule has 0 aliphatic carbocycles. The Labute approximate surface area is 64.1 Å². The summed E-state index contributed by atoms with van der Waals surface area (Å²) < 4.78 is 35.2. The Morgan fingerprint density at radius 2 is 1.55 bits per heavy atom. The standard InChI is InChI=1S/C4H12F2N3OP/c5-1-3-9(4-2-6)11(7,8)10/h1-4H2,(H4,7,8,10). The maximum absolute atomic E-state index is 11.7. The van der Waals surface area contributed by atoms with Crippen molar-refractivity contribution >= 4 is 7.59 Å². The van der Waals surface area contributed by atoms with E-state index in [0.29, 0.717) is 0 Å². The van der Waals surface area contributed by atoms with E-state index in [4.69, 9.17) is 11.0 Å². The fraction of sp³-hybridized carbons (Fsp3) is 1.00. The highest BCUT2D eigenvalue weighted by Gasteiger charge is 2.19. The molecule has 68 valence electrons. The minimum Gasteiger partial charge on any atom is -0.271 e. The molecular formula is C4H12F2N3OP. The van der Waals surface area contributed by atoms with Crippen LogP contribution in [0.2, 0.25) is 0 Å². The molecule has 4 nitrogen and oxygen atoms in total. The lowest BCUT2D eigenvalue weighted by Gasteiger charge is -2.22. The molecule has 0 aliphatic rings. The Balaban J connectivity index is 3.99. The van der Waals surface area contributed by atoms with Gasteiger partial charge >= 0.3 is 0 Å². The van der Waals surface area contributed by atoms with Crippen LogP contribution in [-0.4, -0.2) is 31.1 Å². The molecule has 0 unspecified atom stereocenters. The molecule has 0 aliphatic heterocycles. The third kappa shape index (κ3) is 4.42. The molecule has 0 aromatic heterocycles. The van der Waals surface area contributed by atoms with Crippen LogP contribution in [0.3, 0.4) is 0 Å². The van der Waals surface area contributed by atoms with Crippen LogP contribution >= 0.6 is 7.59 Å². The summed E-state index contributed by atoms with van der Waals surface area (Å²) in [5.41, 5.74) is 9.96. The first-order chi connectivity index (χ1) is 5.02. The van der Waals surface area contributed by atoms with Gasteiger partial charge in [0.25, 0.3) is 7.59 Å². The van der Waals surface area contributed by atoms with E-state index in [-0.39, 0.29) is 13.1 Å². The van der Waals surface area contributed by atoms with Gasteiger partial charge in [-0.3, -0.25) is 15.6 Å². The minimum atomic E-state index is -3.46. The van der Waals surface area contributed by atoms with Gasteiger partial charge in [-0.25, -0.2) is 13.5 Å². The Hall–Kier alpha value is -0.0300. The third-order valence-electron chi connectivity index (χ3n) is 1.13. The van der Waals surface area contributed by atoms with Crippen molar-refractivity contribution in [2.75, 3.05) is 26.4 Å². The number of nitrogens with zero attached hydrogens (tertiary/aromatic N) is 1. The van der Waals surface area contributed by atoms with Crippen molar-refractivity contribution in [3.05, 3.63) is 0 Å². The molecule has 0 radical (unpaired) electrons. The van der Waals surface area contributed by atoms with E-state index in [1.54, 1.807) is 0 Å². The Morgan fingerprint density at radius 3 is 1.73 bits per heavy atom. The van der Waals surface area contributed by atoms with E-state index in [0.717, 1.165) is 4.67 Å². The Morgan fingerprint density at radius 1 is 1.18 bits per heavy atom. The molecule has 4 N–H and O–H groups in total. The molecule has 0 amide bonds. The molecular weight excluding hydrogens is 175 g/mol. The van der Waals surface area contributed by atoms with Crippen LogP contribution in [0.25, 0.3) is 0 Å². The lowest BCUT2D eigenvalue weighted by atomic mass is 10.6. The average molecular weight is 187 g/mol. The topological polar surface area (TPSA) is 72.3 Å². The van der Waals surface area contributed by atoms with E-state index in [1.807, 2.05) is 0 Å². The summed E-state index contributed by atoms with van der Waals surface area (Å²) in [4.78, 5) is 0. The predicted molar refractivity (Wildman–Crippen MR) is 39.5 cm³/mol. The van der Waals surface area contributed by atoms with Gasteiger partial charge in [-0.2, -0.15) is 0 Å². The number of hydrogen-bond acceptors (Lipinski definition) is 1. The molecule has 0 spiro atoms. The van der Waals surface area contributed by atoms with Gasteiger partial charge in [-0.1, -0.05) is 0 Å². The van der Waals surface area contributed by atoms with Crippen molar-refractivity contribution in [2.24, 2.45) is 11.0 Å². The Bertz CT molecular complexity index is 144. The number of rotatable bonds is 5. The second kappa shape index (κ2) is 4.77. The van der Waals surface area contributed by atoms with Gasteiger partial charge in [0, 0.05) is 13.1 Å². The predicted octanol–water partition coefficient (Wildman–Crippen LogP) is 0.253. The molecule has 0 atom stereocenters. The van der Waals surface area contributed by atoms with Crippen LogP contribution < -0.4 is 11.0 Å². The normalized spacial score (nSPS) is 12.5. The van der Waals surface area contributed by atoms with Crippen LogP contribution in [0, 0.1) is 0 Å². The van der Waals surface area contributed by atoms with E-state index < -0.39 is 20.9 Å². The summed E-state index contributed by atoms with van der Waals surface area (Å²) in [5, 5.41) is 0. The zero-order valence-corrected chi connectivity index (χ0v) is 6.94. The minimum absolute atomic E-state index is 0.186. The van der Waals surface area contributed by atoms with Gasteiger partial charge in [0.1, 0.15) is 13.3 Å². The molecule has 0 fully saturated rings. The highest BCUT2D eigenvalue weighted by Crippen LogP contribution is 2.30. The monoisotopic (exact) mass is 187 g/mol. The SMILES string of the molecule is NP(N)(=O)N(CCF)CCF. The number of halogens is 2. The summed E-state index contributed by atoms with van der Waals surface area (Å²) in [6, 6.07) is 0. The molecule has 11 heavy (non-hydrogen) atoms. The van der Waals surface area contributed by atoms with Crippen LogP contribution in [-0.2, 0) is 4.57 Å². The zero-order chi connectivity index (χ0) is 8.91. The smallest absolute Gasteiger partial charge is 0.271 e. The lowest BCUT2D eigenvalue weighted by molar-refractivity contribution is 0.324. The Kier molecular flexibility index (Phi) is 4.76. The molecule has 0 rings (SSSR count). The van der Waals surface area contributed by atoms with E-state index in [1.165, 1.54) is 0 Å². The first-order valence-electron chi connectivity index (χ1n) is 3.07. The largest absolute Gasteiger partial charge is 0.276 e. The lowest BCUT2D eigenvalue weighted by Crippen LogP contribution is -2.32. The van der Waals surface area contributed by atoms with Crippen LogP contribution in [0.5, 0.6) is 0 Å². The average Bonchev–Trinajstić information content (AvgIpc) is 1.85. The van der Waals surface area contributed by atoms with Crippen molar-refractivity contribution < 1.29 is 13.3 Å². The fourth-order valence-electron chi connectivity index (χ4n) is 0.620. The highest BCUT2D eigenvalue weighted by atomic mass is 31.2. The number of hydrogen-bond donors (Lipinski definition) is 2. The molecule has 0 saturated carbocycles. The van der Waals surface area contributed by atoms with Gasteiger partial charge in [-0.15, -0.1) is 0 Å². The van der Waals surface area contributed by atoms with Crippen molar-refractivity contribution in [1.29, 1.82) is 0 Å². The number of nitrogens with two attached hydrogens (primary N) is 2. The summed E-state index contributed by atoms with van der Waals surface area (Å²) in [7, 11) is -3.46. The van der Waals surface area contributed by atoms with Crippen LogP contribution in [0.15, 0.2) is 0 Å². The van der Waals surface area contributed by atoms with Gasteiger partial charge in [0.05, 0.1) is 0 Å². The molecule has 0 aromatic rings. The van der Waals surface area contributed by atoms with Crippen LogP contribution in [0.1, 0.15) is 0 Å². The third-order valence-corrected chi connectivity index (χ3v) is 2.41. The van der Waals surface area contributed by atoms with E-state index in [9.17, 15) is 13.3 Å². The quantitative estimate of drug-likeness (QED) is 0.605. The number of alkyl halides is 2. The zero-order valence-electron chi connectivity index (χ0n) is 6.04. The van der Waals surface area contributed by atoms with Crippen molar-refractivity contribution in [3.63, 3.8) is 0 Å². The molecule has 0 aromatic carbocycles. The van der Waals surface area contributed by atoms with Crippen molar-refractivity contribution in [3.8, 4) is 0 Å². The molecule has 0 bridgehead atoms. The maximum Gasteiger partial charge on any atom is 0.276 e. The molecule has 0 heterocycles. The van der Waals surface area contributed by atoms with Gasteiger partial charge in [-0.05, 0) is 0 Å². The highest BCUT2D eigenvalue weighted by molar-refractivity contribution is 7.56. The van der Waals surface area contributed by atoms with Gasteiger partial charge in [0.2, 0.25) is 0 Å². The fourth-order valence-corrected chi connectivity index (χ4v) is 1.40. The van der Waals surface area contributed by atoms with E-state index in [2.05, 4.69) is 0 Å². The van der Waals surface area contributed by atoms with Crippen molar-refractivity contribution in [1.82, 2.24) is 4.67 Å². The van der Waals surface area contributed by atoms with E-state index >= 15 is 0 Å². The van der Waals surface area contributed by atoms with Crippen molar-refractivity contribution in [2.45, 2.75) is 0 Å². The van der Waals surface area contributed by atoms with Gasteiger partial charge < -0.3 is 0 Å². The first-order valence-corrected chi connectivity index (χ1v) is 4.86. The van der Waals surface area contributed by atoms with Crippen LogP contribution in [0.4, 0.5) is 8.78 Å². The molecule has 0 saturated heterocycles. The summed E-state index contributed by atoms with van der Waals surface area (Å²) in [6.07, 6.45) is 0. The summed E-state index contributed by atoms with van der Waals surface area (Å²) >= 11 is 0. The molecule has 7 heteroatoms.